The Morgan fingerprint density at radius 1 is 0.750 bits per heavy atom. The van der Waals surface area contributed by atoms with Gasteiger partial charge in [-0.3, -0.25) is 0 Å². The first-order chi connectivity index (χ1) is 7.91. The van der Waals surface area contributed by atoms with Gasteiger partial charge in [0.2, 0.25) is 0 Å². The van der Waals surface area contributed by atoms with Gasteiger partial charge in [-0.25, -0.2) is 0 Å². The Balaban J connectivity index is 3.21. The number of rotatable bonds is 10. The fourth-order valence-electron chi connectivity index (χ4n) is 1.35. The molecule has 0 aromatic rings. The molecule has 0 radical (unpaired) electrons. The molecule has 0 aromatic carbocycles. The zero-order valence-corrected chi connectivity index (χ0v) is 11.3. The second kappa shape index (κ2) is 14.5. The van der Waals surface area contributed by atoms with Crippen LogP contribution in [-0.4, -0.2) is 5.88 Å². The second-order valence-electron chi connectivity index (χ2n) is 3.85. The average Bonchev–Trinajstić information content (AvgIpc) is 2.31. The van der Waals surface area contributed by atoms with Crippen LogP contribution in [0.5, 0.6) is 0 Å². The highest BCUT2D eigenvalue weighted by molar-refractivity contribution is 6.17. The summed E-state index contributed by atoms with van der Waals surface area (Å²) in [5.41, 5.74) is 0. The molecule has 0 N–H and O–H groups in total. The van der Waals surface area contributed by atoms with Crippen molar-refractivity contribution in [2.75, 3.05) is 5.88 Å². The monoisotopic (exact) mass is 240 g/mol. The minimum absolute atomic E-state index is 0.805. The summed E-state index contributed by atoms with van der Waals surface area (Å²) in [4.78, 5) is 0. The summed E-state index contributed by atoms with van der Waals surface area (Å²) in [7, 11) is 0. The molecule has 0 saturated carbocycles. The van der Waals surface area contributed by atoms with Crippen LogP contribution < -0.4 is 0 Å². The predicted molar refractivity (Wildman–Crippen MR) is 76.1 cm³/mol. The third-order valence-corrected chi connectivity index (χ3v) is 2.56. The van der Waals surface area contributed by atoms with Crippen LogP contribution in [0.15, 0.2) is 36.5 Å². The SMILES string of the molecule is CCC=CC=CCCC=CCCCCCCl. The maximum atomic E-state index is 5.60. The third-order valence-electron chi connectivity index (χ3n) is 2.29. The summed E-state index contributed by atoms with van der Waals surface area (Å²) < 4.78 is 0. The molecule has 0 saturated heterocycles. The van der Waals surface area contributed by atoms with Gasteiger partial charge in [-0.1, -0.05) is 49.8 Å². The second-order valence-corrected chi connectivity index (χ2v) is 4.23. The summed E-state index contributed by atoms with van der Waals surface area (Å²) >= 11 is 5.60. The van der Waals surface area contributed by atoms with Crippen LogP contribution in [0.4, 0.5) is 0 Å². The molecule has 0 rings (SSSR count). The van der Waals surface area contributed by atoms with E-state index in [9.17, 15) is 0 Å². The van der Waals surface area contributed by atoms with E-state index in [2.05, 4.69) is 43.4 Å². The molecule has 0 aliphatic rings. The zero-order valence-electron chi connectivity index (χ0n) is 10.5. The molecule has 0 aliphatic heterocycles. The minimum atomic E-state index is 0.805. The van der Waals surface area contributed by atoms with Gasteiger partial charge in [-0.15, -0.1) is 11.6 Å². The summed E-state index contributed by atoms with van der Waals surface area (Å²) in [5, 5.41) is 0. The number of hydrogen-bond donors (Lipinski definition) is 0. The number of halogens is 1. The predicted octanol–water partition coefficient (Wildman–Crippen LogP) is 5.64. The molecule has 0 fully saturated rings. The van der Waals surface area contributed by atoms with E-state index < -0.39 is 0 Å². The Bertz CT molecular complexity index is 201. The number of unbranched alkanes of at least 4 members (excludes halogenated alkanes) is 4. The summed E-state index contributed by atoms with van der Waals surface area (Å²) in [6.45, 7) is 2.15. The molecular weight excluding hydrogens is 216 g/mol. The quantitative estimate of drug-likeness (QED) is 0.201. The number of allylic oxidation sites excluding steroid dienone is 6. The van der Waals surface area contributed by atoms with Crippen LogP contribution in [-0.2, 0) is 0 Å². The average molecular weight is 241 g/mol. The summed E-state index contributed by atoms with van der Waals surface area (Å²) in [6, 6.07) is 0. The van der Waals surface area contributed by atoms with Gasteiger partial charge in [0.15, 0.2) is 0 Å². The first kappa shape index (κ1) is 15.5. The lowest BCUT2D eigenvalue weighted by molar-refractivity contribution is 0.731. The lowest BCUT2D eigenvalue weighted by atomic mass is 10.2. The normalized spacial score (nSPS) is 12.4. The largest absolute Gasteiger partial charge is 0.127 e. The van der Waals surface area contributed by atoms with Crippen LogP contribution >= 0.6 is 11.6 Å². The maximum Gasteiger partial charge on any atom is 0.0223 e. The van der Waals surface area contributed by atoms with Crippen molar-refractivity contribution in [3.63, 3.8) is 0 Å². The van der Waals surface area contributed by atoms with Crippen LogP contribution in [0.2, 0.25) is 0 Å². The molecule has 0 bridgehead atoms. The molecule has 0 atom stereocenters. The highest BCUT2D eigenvalue weighted by Gasteiger charge is 1.84. The van der Waals surface area contributed by atoms with E-state index in [4.69, 9.17) is 11.6 Å². The van der Waals surface area contributed by atoms with Crippen molar-refractivity contribution in [1.82, 2.24) is 0 Å². The summed E-state index contributed by atoms with van der Waals surface area (Å²) in [6.07, 6.45) is 21.6. The van der Waals surface area contributed by atoms with Gasteiger partial charge in [-0.2, -0.15) is 0 Å². The molecule has 0 heterocycles. The van der Waals surface area contributed by atoms with Crippen molar-refractivity contribution >= 4 is 11.6 Å². The van der Waals surface area contributed by atoms with E-state index >= 15 is 0 Å². The first-order valence-corrected chi connectivity index (χ1v) is 6.98. The fourth-order valence-corrected chi connectivity index (χ4v) is 1.54. The van der Waals surface area contributed by atoms with Gasteiger partial charge in [0.25, 0.3) is 0 Å². The van der Waals surface area contributed by atoms with Crippen LogP contribution in [0.3, 0.4) is 0 Å². The number of alkyl halides is 1. The van der Waals surface area contributed by atoms with E-state index in [1.165, 1.54) is 19.3 Å². The molecule has 0 amide bonds. The van der Waals surface area contributed by atoms with E-state index in [0.29, 0.717) is 0 Å². The molecular formula is C15H25Cl. The lowest BCUT2D eigenvalue weighted by Gasteiger charge is -1.93. The van der Waals surface area contributed by atoms with Crippen molar-refractivity contribution < 1.29 is 0 Å². The van der Waals surface area contributed by atoms with Gasteiger partial charge in [0.05, 0.1) is 0 Å². The van der Waals surface area contributed by atoms with Crippen molar-refractivity contribution in [2.24, 2.45) is 0 Å². The van der Waals surface area contributed by atoms with Gasteiger partial charge < -0.3 is 0 Å². The van der Waals surface area contributed by atoms with Gasteiger partial charge in [0, 0.05) is 5.88 Å². The molecule has 1 heteroatoms. The molecule has 0 spiro atoms. The molecule has 0 nitrogen and oxygen atoms in total. The Morgan fingerprint density at radius 2 is 1.44 bits per heavy atom. The molecule has 0 aromatic heterocycles. The number of hydrogen-bond acceptors (Lipinski definition) is 0. The Morgan fingerprint density at radius 3 is 2.19 bits per heavy atom. The topological polar surface area (TPSA) is 0 Å². The van der Waals surface area contributed by atoms with Crippen molar-refractivity contribution in [3.05, 3.63) is 36.5 Å². The third kappa shape index (κ3) is 13.5. The first-order valence-electron chi connectivity index (χ1n) is 6.44. The van der Waals surface area contributed by atoms with E-state index in [1.54, 1.807) is 0 Å². The lowest BCUT2D eigenvalue weighted by Crippen LogP contribution is -1.76. The highest BCUT2D eigenvalue weighted by atomic mass is 35.5. The molecule has 16 heavy (non-hydrogen) atoms. The van der Waals surface area contributed by atoms with Crippen molar-refractivity contribution in [3.8, 4) is 0 Å². The fraction of sp³-hybridized carbons (Fsp3) is 0.600. The van der Waals surface area contributed by atoms with Crippen molar-refractivity contribution in [2.45, 2.75) is 51.9 Å². The Kier molecular flexibility index (Phi) is 14.1. The minimum Gasteiger partial charge on any atom is -0.127 e. The van der Waals surface area contributed by atoms with Crippen LogP contribution in [0, 0.1) is 0 Å². The van der Waals surface area contributed by atoms with Crippen LogP contribution in [0.1, 0.15) is 51.9 Å². The Labute approximate surface area is 106 Å². The van der Waals surface area contributed by atoms with Crippen molar-refractivity contribution in [1.29, 1.82) is 0 Å². The van der Waals surface area contributed by atoms with E-state index in [-0.39, 0.29) is 0 Å². The molecule has 92 valence electrons. The standard InChI is InChI=1S/C15H25Cl/c1-2-3-4-5-6-7-8-9-10-11-12-13-14-15-16/h3-6,9-10H,2,7-8,11-15H2,1H3. The molecule has 0 unspecified atom stereocenters. The zero-order chi connectivity index (χ0) is 11.9. The van der Waals surface area contributed by atoms with Crippen LogP contribution in [0.25, 0.3) is 0 Å². The van der Waals surface area contributed by atoms with E-state index in [1.807, 2.05) is 0 Å². The van der Waals surface area contributed by atoms with Gasteiger partial charge in [0.1, 0.15) is 0 Å². The van der Waals surface area contributed by atoms with Gasteiger partial charge >= 0.3 is 0 Å². The van der Waals surface area contributed by atoms with E-state index in [0.717, 1.165) is 31.6 Å². The smallest absolute Gasteiger partial charge is 0.0223 e. The Hall–Kier alpha value is -0.490. The highest BCUT2D eigenvalue weighted by Crippen LogP contribution is 2.03. The maximum absolute atomic E-state index is 5.60. The van der Waals surface area contributed by atoms with Gasteiger partial charge in [-0.05, 0) is 38.5 Å². The molecule has 0 aliphatic carbocycles. The summed E-state index contributed by atoms with van der Waals surface area (Å²) in [5.74, 6) is 0.805.